The van der Waals surface area contributed by atoms with Gasteiger partial charge in [-0.15, -0.1) is 0 Å². The number of hydrogen-bond donors (Lipinski definition) is 0. The van der Waals surface area contributed by atoms with E-state index in [9.17, 15) is 4.79 Å². The van der Waals surface area contributed by atoms with E-state index in [1.807, 2.05) is 19.1 Å². The minimum absolute atomic E-state index is 0.0989. The summed E-state index contributed by atoms with van der Waals surface area (Å²) in [6.45, 7) is 23.2. The average molecular weight is 529 g/mol. The summed E-state index contributed by atoms with van der Waals surface area (Å²) in [5.41, 5.74) is 5.42. The van der Waals surface area contributed by atoms with E-state index in [1.165, 1.54) is 11.1 Å². The minimum atomic E-state index is -0.0989. The van der Waals surface area contributed by atoms with Gasteiger partial charge in [0.1, 0.15) is 17.2 Å². The topological polar surface area (TPSA) is 44.8 Å². The van der Waals surface area contributed by atoms with Gasteiger partial charge in [0.15, 0.2) is 5.52 Å². The molecule has 0 heterocycles. The second kappa shape index (κ2) is 14.8. The van der Waals surface area contributed by atoms with Crippen LogP contribution < -0.4 is 19.5 Å². The molecule has 4 nitrogen and oxygen atoms in total. The molecule has 206 valence electrons. The molecule has 0 aliphatic carbocycles. The van der Waals surface area contributed by atoms with Crippen molar-refractivity contribution in [2.24, 2.45) is 17.8 Å². The van der Waals surface area contributed by atoms with Gasteiger partial charge in [-0.3, -0.25) is 4.79 Å². The second-order valence-corrected chi connectivity index (χ2v) is 12.7. The Labute approximate surface area is 227 Å². The van der Waals surface area contributed by atoms with Crippen LogP contribution in [0.15, 0.2) is 18.2 Å². The molecule has 0 aliphatic heterocycles. The summed E-state index contributed by atoms with van der Waals surface area (Å²) in [6, 6.07) is 6.02. The van der Waals surface area contributed by atoms with Crippen LogP contribution in [-0.4, -0.2) is 25.3 Å². The van der Waals surface area contributed by atoms with Crippen molar-refractivity contribution in [2.75, 3.05) is 19.8 Å². The van der Waals surface area contributed by atoms with Gasteiger partial charge in [0.05, 0.1) is 25.1 Å². The predicted octanol–water partition coefficient (Wildman–Crippen LogP) is 8.34. The molecular formula is C32H49O4P. The lowest BCUT2D eigenvalue weighted by Gasteiger charge is -2.20. The van der Waals surface area contributed by atoms with Crippen LogP contribution in [0.3, 0.4) is 0 Å². The first-order valence-corrected chi connectivity index (χ1v) is 14.9. The van der Waals surface area contributed by atoms with Crippen molar-refractivity contribution in [3.8, 4) is 17.2 Å². The zero-order chi connectivity index (χ0) is 27.7. The van der Waals surface area contributed by atoms with E-state index in [4.69, 9.17) is 14.2 Å². The van der Waals surface area contributed by atoms with Crippen molar-refractivity contribution in [2.45, 2.75) is 88.5 Å². The van der Waals surface area contributed by atoms with Gasteiger partial charge in [0.25, 0.3) is 0 Å². The fourth-order valence-electron chi connectivity index (χ4n) is 4.03. The molecule has 0 fully saturated rings. The molecular weight excluding hydrogens is 479 g/mol. The van der Waals surface area contributed by atoms with Crippen molar-refractivity contribution in [1.82, 2.24) is 0 Å². The molecule has 0 radical (unpaired) electrons. The largest absolute Gasteiger partial charge is 0.493 e. The summed E-state index contributed by atoms with van der Waals surface area (Å²) in [7, 11) is -0.0989. The van der Waals surface area contributed by atoms with Crippen LogP contribution in [0.4, 0.5) is 0 Å². The maximum atomic E-state index is 13.8. The Morgan fingerprint density at radius 3 is 1.59 bits per heavy atom. The Morgan fingerprint density at radius 1 is 0.676 bits per heavy atom. The predicted molar refractivity (Wildman–Crippen MR) is 159 cm³/mol. The minimum Gasteiger partial charge on any atom is -0.493 e. The number of aryl methyl sites for hydroxylation is 2. The molecule has 1 atom stereocenters. The first kappa shape index (κ1) is 31.2. The van der Waals surface area contributed by atoms with E-state index in [1.54, 1.807) is 0 Å². The molecule has 0 N–H and O–H groups in total. The van der Waals surface area contributed by atoms with Crippen LogP contribution in [0, 0.1) is 45.4 Å². The molecule has 2 rings (SSSR count). The summed E-state index contributed by atoms with van der Waals surface area (Å²) in [5.74, 6) is 3.76. The number of hydrogen-bond acceptors (Lipinski definition) is 4. The zero-order valence-electron chi connectivity index (χ0n) is 24.8. The van der Waals surface area contributed by atoms with Gasteiger partial charge in [0, 0.05) is 17.7 Å². The fraction of sp³-hybridized carbons (Fsp3) is 0.594. The van der Waals surface area contributed by atoms with Crippen molar-refractivity contribution >= 4 is 19.4 Å². The molecule has 0 spiro atoms. The Kier molecular flexibility index (Phi) is 12.4. The SMILES string of the molecule is Cc1cc(C)c(C(=O)Pc2c(OCCC(C)C)cc(OCCC(C)C)cc2OCCC(C)C)c(C)c1C. The Bertz CT molecular complexity index is 1000. The molecule has 5 heteroatoms. The third kappa shape index (κ3) is 9.64. The smallest absolute Gasteiger partial charge is 0.186 e. The molecule has 0 amide bonds. The highest BCUT2D eigenvalue weighted by atomic mass is 31.1. The van der Waals surface area contributed by atoms with E-state index in [0.29, 0.717) is 49.1 Å². The second-order valence-electron chi connectivity index (χ2n) is 11.5. The van der Waals surface area contributed by atoms with Crippen LogP contribution in [0.5, 0.6) is 17.2 Å². The maximum Gasteiger partial charge on any atom is 0.186 e. The van der Waals surface area contributed by atoms with E-state index in [0.717, 1.165) is 47.0 Å². The van der Waals surface area contributed by atoms with Gasteiger partial charge in [-0.25, -0.2) is 0 Å². The first-order valence-electron chi connectivity index (χ1n) is 13.9. The molecule has 2 aromatic rings. The van der Waals surface area contributed by atoms with E-state index in [-0.39, 0.29) is 14.1 Å². The highest BCUT2D eigenvalue weighted by Gasteiger charge is 2.22. The van der Waals surface area contributed by atoms with Crippen molar-refractivity contribution in [3.63, 3.8) is 0 Å². The van der Waals surface area contributed by atoms with Gasteiger partial charge in [0.2, 0.25) is 0 Å². The normalized spacial score (nSPS) is 11.8. The highest BCUT2D eigenvalue weighted by Crippen LogP contribution is 2.36. The Balaban J connectivity index is 2.50. The zero-order valence-corrected chi connectivity index (χ0v) is 25.8. The van der Waals surface area contributed by atoms with Crippen LogP contribution in [-0.2, 0) is 0 Å². The summed E-state index contributed by atoms with van der Waals surface area (Å²) < 4.78 is 18.8. The number of ether oxygens (including phenoxy) is 3. The number of benzene rings is 2. The van der Waals surface area contributed by atoms with Gasteiger partial charge >= 0.3 is 0 Å². The molecule has 0 saturated heterocycles. The van der Waals surface area contributed by atoms with Crippen LogP contribution in [0.25, 0.3) is 0 Å². The maximum absolute atomic E-state index is 13.8. The van der Waals surface area contributed by atoms with E-state index < -0.39 is 0 Å². The summed E-state index contributed by atoms with van der Waals surface area (Å²) in [5, 5.41) is 0.839. The van der Waals surface area contributed by atoms with Crippen LogP contribution >= 0.6 is 8.58 Å². The molecule has 37 heavy (non-hydrogen) atoms. The van der Waals surface area contributed by atoms with E-state index >= 15 is 0 Å². The summed E-state index contributed by atoms with van der Waals surface area (Å²) >= 11 is 0. The highest BCUT2D eigenvalue weighted by molar-refractivity contribution is 7.66. The van der Waals surface area contributed by atoms with Crippen LogP contribution in [0.2, 0.25) is 0 Å². The molecule has 1 unspecified atom stereocenters. The molecule has 0 aromatic heterocycles. The third-order valence-electron chi connectivity index (χ3n) is 6.73. The van der Waals surface area contributed by atoms with Gasteiger partial charge in [-0.05, 0) is 95.5 Å². The molecule has 0 saturated carbocycles. The van der Waals surface area contributed by atoms with Gasteiger partial charge in [-0.2, -0.15) is 0 Å². The Morgan fingerprint density at radius 2 is 1.14 bits per heavy atom. The molecule has 0 bridgehead atoms. The lowest BCUT2D eigenvalue weighted by atomic mass is 9.95. The summed E-state index contributed by atoms with van der Waals surface area (Å²) in [4.78, 5) is 13.8. The van der Waals surface area contributed by atoms with Crippen LogP contribution in [0.1, 0.15) is 93.4 Å². The third-order valence-corrected chi connectivity index (χ3v) is 7.95. The summed E-state index contributed by atoms with van der Waals surface area (Å²) in [6.07, 6.45) is 2.85. The molecule has 2 aromatic carbocycles. The van der Waals surface area contributed by atoms with Gasteiger partial charge in [-0.1, -0.05) is 47.6 Å². The lowest BCUT2D eigenvalue weighted by molar-refractivity contribution is 0.108. The molecule has 0 aliphatic rings. The Hall–Kier alpha value is -2.06. The number of rotatable bonds is 15. The lowest BCUT2D eigenvalue weighted by Crippen LogP contribution is -2.16. The van der Waals surface area contributed by atoms with Crippen molar-refractivity contribution in [3.05, 3.63) is 46.0 Å². The van der Waals surface area contributed by atoms with Crippen molar-refractivity contribution in [1.29, 1.82) is 0 Å². The van der Waals surface area contributed by atoms with Gasteiger partial charge < -0.3 is 14.2 Å². The quantitative estimate of drug-likeness (QED) is 0.218. The average Bonchev–Trinajstić information content (AvgIpc) is 2.78. The fourth-order valence-corrected chi connectivity index (χ4v) is 5.30. The van der Waals surface area contributed by atoms with Crippen molar-refractivity contribution < 1.29 is 19.0 Å². The standard InChI is InChI=1S/C32H49O4P/c1-20(2)11-14-34-27-18-28(35-15-12-21(3)4)31(29(19-27)36-16-13-22(5)6)37-32(33)30-24(8)17-23(7)25(9)26(30)10/h17-22,37H,11-16H2,1-10H3. The monoisotopic (exact) mass is 528 g/mol. The first-order chi connectivity index (χ1) is 17.4. The number of carbonyl (C=O) groups excluding carboxylic acids is 1. The number of carbonyl (C=O) groups is 1. The van der Waals surface area contributed by atoms with E-state index in [2.05, 4.69) is 68.4 Å².